The summed E-state index contributed by atoms with van der Waals surface area (Å²) in [6, 6.07) is 3.77. The predicted molar refractivity (Wildman–Crippen MR) is 124 cm³/mol. The summed E-state index contributed by atoms with van der Waals surface area (Å²) >= 11 is 0. The van der Waals surface area contributed by atoms with Crippen LogP contribution >= 0.6 is 0 Å². The highest BCUT2D eigenvalue weighted by Crippen LogP contribution is 2.39. The van der Waals surface area contributed by atoms with Gasteiger partial charge in [0.2, 0.25) is 11.7 Å². The first-order chi connectivity index (χ1) is 15.3. The van der Waals surface area contributed by atoms with Crippen LogP contribution in [0.25, 0.3) is 11.0 Å². The summed E-state index contributed by atoms with van der Waals surface area (Å²) in [5, 5.41) is 8.57. The number of methoxy groups -OCH3 is 3. The van der Waals surface area contributed by atoms with Crippen LogP contribution in [0.1, 0.15) is 34.5 Å². The molecule has 0 radical (unpaired) electrons. The van der Waals surface area contributed by atoms with Crippen molar-refractivity contribution in [3.8, 4) is 17.2 Å². The van der Waals surface area contributed by atoms with Crippen molar-refractivity contribution >= 4 is 16.9 Å². The highest BCUT2D eigenvalue weighted by molar-refractivity contribution is 5.84. The Kier molecular flexibility index (Phi) is 7.22. The maximum absolute atomic E-state index is 12.5. The molecule has 0 aliphatic heterocycles. The molecule has 0 spiro atoms. The molecule has 2 aromatic heterocycles. The fraction of sp³-hybridized carbons (Fsp3) is 0.458. The van der Waals surface area contributed by atoms with E-state index in [1.807, 2.05) is 37.7 Å². The molecule has 0 saturated carbocycles. The van der Waals surface area contributed by atoms with Crippen molar-refractivity contribution in [3.63, 3.8) is 0 Å². The van der Waals surface area contributed by atoms with Crippen molar-refractivity contribution in [2.45, 2.75) is 40.0 Å². The molecule has 3 rings (SSSR count). The highest BCUT2D eigenvalue weighted by atomic mass is 16.5. The van der Waals surface area contributed by atoms with Crippen molar-refractivity contribution in [2.24, 2.45) is 7.05 Å². The summed E-state index contributed by atoms with van der Waals surface area (Å²) in [5.74, 6) is 1.79. The van der Waals surface area contributed by atoms with Gasteiger partial charge in [-0.05, 0) is 50.8 Å². The molecule has 0 fully saturated rings. The predicted octanol–water partition coefficient (Wildman–Crippen LogP) is 3.21. The Morgan fingerprint density at radius 1 is 1.00 bits per heavy atom. The minimum atomic E-state index is 0.00579. The number of aromatic nitrogens is 3. The van der Waals surface area contributed by atoms with E-state index < -0.39 is 0 Å². The Morgan fingerprint density at radius 3 is 2.38 bits per heavy atom. The van der Waals surface area contributed by atoms with Gasteiger partial charge in [-0.3, -0.25) is 9.48 Å². The molecular formula is C24H32N4O4. The first-order valence-electron chi connectivity index (χ1n) is 10.7. The SMILES string of the molecule is COc1ccc(CCNC(=O)CCc2c(C)nc3c(c(C)nn3C)c2C)c(OC)c1OC. The standard InChI is InChI=1S/C24H32N4O4/c1-14-18(15(2)26-24-21(14)16(3)27-28(24)4)9-11-20(29)25-13-12-17-8-10-19(30-5)23(32-7)22(17)31-6/h8,10H,9,11-13H2,1-7H3,(H,25,29). The molecule has 172 valence electrons. The minimum absolute atomic E-state index is 0.00579. The van der Waals surface area contributed by atoms with E-state index in [1.54, 1.807) is 21.3 Å². The molecule has 8 heteroatoms. The van der Waals surface area contributed by atoms with Crippen LogP contribution in [-0.4, -0.2) is 48.5 Å². The van der Waals surface area contributed by atoms with Crippen LogP contribution < -0.4 is 19.5 Å². The van der Waals surface area contributed by atoms with E-state index in [0.29, 0.717) is 43.1 Å². The monoisotopic (exact) mass is 440 g/mol. The fourth-order valence-electron chi connectivity index (χ4n) is 4.25. The average Bonchev–Trinajstić information content (AvgIpc) is 3.05. The Bertz CT molecular complexity index is 1140. The number of aryl methyl sites for hydroxylation is 4. The third kappa shape index (κ3) is 4.49. The second-order valence-corrected chi connectivity index (χ2v) is 7.80. The summed E-state index contributed by atoms with van der Waals surface area (Å²) in [4.78, 5) is 17.2. The number of ether oxygens (including phenoxy) is 3. The number of amides is 1. The van der Waals surface area contributed by atoms with E-state index in [4.69, 9.17) is 19.2 Å². The number of benzene rings is 1. The highest BCUT2D eigenvalue weighted by Gasteiger charge is 2.17. The number of carbonyl (C=O) groups excluding carboxylic acids is 1. The van der Waals surface area contributed by atoms with Crippen molar-refractivity contribution in [1.29, 1.82) is 0 Å². The third-order valence-corrected chi connectivity index (χ3v) is 5.83. The Morgan fingerprint density at radius 2 is 1.72 bits per heavy atom. The smallest absolute Gasteiger partial charge is 0.220 e. The Labute approximate surface area is 188 Å². The summed E-state index contributed by atoms with van der Waals surface area (Å²) in [6.45, 7) is 6.57. The fourth-order valence-corrected chi connectivity index (χ4v) is 4.25. The van der Waals surface area contributed by atoms with E-state index in [-0.39, 0.29) is 5.91 Å². The van der Waals surface area contributed by atoms with Crippen LogP contribution in [0.5, 0.6) is 17.2 Å². The summed E-state index contributed by atoms with van der Waals surface area (Å²) in [7, 11) is 6.67. The minimum Gasteiger partial charge on any atom is -0.493 e. The van der Waals surface area contributed by atoms with Gasteiger partial charge in [-0.1, -0.05) is 6.07 Å². The van der Waals surface area contributed by atoms with Crippen LogP contribution in [0.15, 0.2) is 12.1 Å². The topological polar surface area (TPSA) is 87.5 Å². The Hall–Kier alpha value is -3.29. The van der Waals surface area contributed by atoms with E-state index >= 15 is 0 Å². The van der Waals surface area contributed by atoms with Gasteiger partial charge in [0, 0.05) is 36.7 Å². The largest absolute Gasteiger partial charge is 0.493 e. The first-order valence-corrected chi connectivity index (χ1v) is 10.7. The van der Waals surface area contributed by atoms with Crippen molar-refractivity contribution in [1.82, 2.24) is 20.1 Å². The number of nitrogens with zero attached hydrogens (tertiary/aromatic N) is 3. The van der Waals surface area contributed by atoms with Gasteiger partial charge >= 0.3 is 0 Å². The second kappa shape index (κ2) is 9.89. The average molecular weight is 441 g/mol. The number of nitrogens with one attached hydrogen (secondary N) is 1. The molecule has 1 amide bonds. The molecule has 1 aromatic carbocycles. The summed E-state index contributed by atoms with van der Waals surface area (Å²) in [5.41, 5.74) is 6.00. The molecule has 0 saturated heterocycles. The molecule has 0 aliphatic rings. The second-order valence-electron chi connectivity index (χ2n) is 7.80. The van der Waals surface area contributed by atoms with Gasteiger partial charge in [0.15, 0.2) is 17.1 Å². The molecule has 0 aliphatic carbocycles. The van der Waals surface area contributed by atoms with Crippen molar-refractivity contribution in [3.05, 3.63) is 40.2 Å². The first kappa shape index (κ1) is 23.4. The number of carbonyl (C=O) groups is 1. The van der Waals surface area contributed by atoms with E-state index in [1.165, 1.54) is 0 Å². The number of rotatable bonds is 9. The quantitative estimate of drug-likeness (QED) is 0.550. The maximum Gasteiger partial charge on any atom is 0.220 e. The normalized spacial score (nSPS) is 11.0. The van der Waals surface area contributed by atoms with Crippen LogP contribution in [0.2, 0.25) is 0 Å². The van der Waals surface area contributed by atoms with Gasteiger partial charge < -0.3 is 19.5 Å². The lowest BCUT2D eigenvalue weighted by Gasteiger charge is -2.16. The molecule has 1 N–H and O–H groups in total. The molecule has 2 heterocycles. The molecular weight excluding hydrogens is 408 g/mol. The van der Waals surface area contributed by atoms with Crippen LogP contribution in [0, 0.1) is 20.8 Å². The van der Waals surface area contributed by atoms with Gasteiger partial charge in [0.25, 0.3) is 0 Å². The summed E-state index contributed by atoms with van der Waals surface area (Å²) in [6.07, 6.45) is 1.66. The zero-order chi connectivity index (χ0) is 23.4. The van der Waals surface area contributed by atoms with E-state index in [0.717, 1.165) is 39.1 Å². The molecule has 0 bridgehead atoms. The van der Waals surface area contributed by atoms with Crippen LogP contribution in [0.3, 0.4) is 0 Å². The van der Waals surface area contributed by atoms with Gasteiger partial charge in [0.05, 0.1) is 27.0 Å². The number of hydrogen-bond donors (Lipinski definition) is 1. The number of hydrogen-bond acceptors (Lipinski definition) is 6. The maximum atomic E-state index is 12.5. The molecule has 32 heavy (non-hydrogen) atoms. The number of pyridine rings is 1. The van der Waals surface area contributed by atoms with E-state index in [2.05, 4.69) is 17.3 Å². The lowest BCUT2D eigenvalue weighted by atomic mass is 9.99. The van der Waals surface area contributed by atoms with Gasteiger partial charge in [-0.2, -0.15) is 5.10 Å². The van der Waals surface area contributed by atoms with Crippen molar-refractivity contribution < 1.29 is 19.0 Å². The summed E-state index contributed by atoms with van der Waals surface area (Å²) < 4.78 is 18.1. The molecule has 3 aromatic rings. The number of fused-ring (bicyclic) bond motifs is 1. The van der Waals surface area contributed by atoms with Crippen molar-refractivity contribution in [2.75, 3.05) is 27.9 Å². The lowest BCUT2D eigenvalue weighted by Crippen LogP contribution is -2.26. The van der Waals surface area contributed by atoms with E-state index in [9.17, 15) is 4.79 Å². The molecule has 0 atom stereocenters. The lowest BCUT2D eigenvalue weighted by molar-refractivity contribution is -0.121. The van der Waals surface area contributed by atoms with Gasteiger partial charge in [0.1, 0.15) is 0 Å². The van der Waals surface area contributed by atoms with Crippen LogP contribution in [-0.2, 0) is 24.7 Å². The molecule has 0 unspecified atom stereocenters. The Balaban J connectivity index is 1.63. The molecule has 8 nitrogen and oxygen atoms in total. The third-order valence-electron chi connectivity index (χ3n) is 5.83. The van der Waals surface area contributed by atoms with Gasteiger partial charge in [-0.15, -0.1) is 0 Å². The van der Waals surface area contributed by atoms with Crippen LogP contribution in [0.4, 0.5) is 0 Å². The van der Waals surface area contributed by atoms with Gasteiger partial charge in [-0.25, -0.2) is 4.98 Å². The zero-order valence-electron chi connectivity index (χ0n) is 20.0. The zero-order valence-corrected chi connectivity index (χ0v) is 20.0.